The van der Waals surface area contributed by atoms with E-state index in [4.69, 9.17) is 0 Å². The van der Waals surface area contributed by atoms with E-state index in [-0.39, 0.29) is 0 Å². The molecule has 0 fully saturated rings. The first kappa shape index (κ1) is 27.2. The maximum atomic E-state index is 2.49. The molecule has 36 heavy (non-hydrogen) atoms. The molecule has 1 atom stereocenters. The number of hydrogen-bond acceptors (Lipinski definition) is 0. The molecular formula is C34H43N2+. The topological polar surface area (TPSA) is 8.81 Å². The molecular weight excluding hydrogens is 436 g/mol. The molecule has 0 saturated heterocycles. The molecule has 2 heterocycles. The van der Waals surface area contributed by atoms with Gasteiger partial charge in [0.15, 0.2) is 12.2 Å². The standard InChI is InChI=1S/C30H31N2.2C2H6/c1-4-12-23(5-2)31-20-11-10-15-28(31)27-21-24(19-18-22(27)3)32-29-16-8-6-13-25(29)26-14-7-9-17-30(26)32;2*1-2/h6-11,13-21,23H,4-5,12H2,1-3H3;2*1-2H3/q+1;;. The molecule has 0 aliphatic carbocycles. The highest BCUT2D eigenvalue weighted by atomic mass is 15.0. The van der Waals surface area contributed by atoms with Gasteiger partial charge in [-0.3, -0.25) is 0 Å². The SMILES string of the molecule is CC.CC.CCCC(CC)[n+]1ccccc1-c1cc(-n2c3ccccc3c3ccccc32)ccc1C. The smallest absolute Gasteiger partial charge is 0.213 e. The van der Waals surface area contributed by atoms with Crippen molar-refractivity contribution in [1.29, 1.82) is 0 Å². The van der Waals surface area contributed by atoms with Crippen molar-refractivity contribution >= 4 is 21.8 Å². The van der Waals surface area contributed by atoms with Crippen molar-refractivity contribution in [2.24, 2.45) is 0 Å². The second kappa shape index (κ2) is 13.1. The fraction of sp³-hybridized carbons (Fsp3) is 0.324. The van der Waals surface area contributed by atoms with Crippen LogP contribution in [-0.2, 0) is 0 Å². The fourth-order valence-electron chi connectivity index (χ4n) is 5.10. The number of rotatable bonds is 6. The van der Waals surface area contributed by atoms with Gasteiger partial charge in [0.25, 0.3) is 0 Å². The number of fused-ring (bicyclic) bond motifs is 3. The van der Waals surface area contributed by atoms with Crippen molar-refractivity contribution in [3.05, 3.63) is 96.7 Å². The van der Waals surface area contributed by atoms with E-state index < -0.39 is 0 Å². The average molecular weight is 480 g/mol. The van der Waals surface area contributed by atoms with Crippen molar-refractivity contribution < 1.29 is 4.57 Å². The minimum Gasteiger partial charge on any atom is -0.309 e. The van der Waals surface area contributed by atoms with Crippen LogP contribution in [0.5, 0.6) is 0 Å². The molecule has 5 aromatic rings. The molecule has 0 aliphatic heterocycles. The van der Waals surface area contributed by atoms with Gasteiger partial charge in [0, 0.05) is 41.4 Å². The Morgan fingerprint density at radius 3 is 1.89 bits per heavy atom. The maximum absolute atomic E-state index is 2.49. The Balaban J connectivity index is 0.000000861. The van der Waals surface area contributed by atoms with Crippen LogP contribution >= 0.6 is 0 Å². The lowest BCUT2D eigenvalue weighted by atomic mass is 10.0. The van der Waals surface area contributed by atoms with E-state index in [1.54, 1.807) is 0 Å². The molecule has 0 radical (unpaired) electrons. The Bertz CT molecular complexity index is 1340. The van der Waals surface area contributed by atoms with Crippen molar-refractivity contribution in [3.63, 3.8) is 0 Å². The quantitative estimate of drug-likeness (QED) is 0.214. The molecule has 0 aliphatic rings. The van der Waals surface area contributed by atoms with Crippen LogP contribution < -0.4 is 4.57 Å². The zero-order valence-corrected chi connectivity index (χ0v) is 23.3. The van der Waals surface area contributed by atoms with Gasteiger partial charge in [-0.2, -0.15) is 4.57 Å². The summed E-state index contributed by atoms with van der Waals surface area (Å²) in [6.07, 6.45) is 5.79. The van der Waals surface area contributed by atoms with Crippen LogP contribution in [0, 0.1) is 6.92 Å². The zero-order valence-electron chi connectivity index (χ0n) is 23.3. The average Bonchev–Trinajstić information content (AvgIpc) is 3.29. The highest BCUT2D eigenvalue weighted by molar-refractivity contribution is 6.09. The maximum Gasteiger partial charge on any atom is 0.213 e. The molecule has 5 rings (SSSR count). The van der Waals surface area contributed by atoms with E-state index in [9.17, 15) is 0 Å². The minimum absolute atomic E-state index is 0.521. The monoisotopic (exact) mass is 479 g/mol. The number of aromatic nitrogens is 2. The first-order valence-corrected chi connectivity index (χ1v) is 13.8. The van der Waals surface area contributed by atoms with Crippen LogP contribution in [0.1, 0.15) is 72.4 Å². The van der Waals surface area contributed by atoms with E-state index in [2.05, 4.69) is 121 Å². The first-order chi connectivity index (χ1) is 17.7. The Hall–Kier alpha value is -3.39. The lowest BCUT2D eigenvalue weighted by Crippen LogP contribution is -2.41. The molecule has 0 N–H and O–H groups in total. The summed E-state index contributed by atoms with van der Waals surface area (Å²) in [5, 5.41) is 2.60. The summed E-state index contributed by atoms with van der Waals surface area (Å²) in [6, 6.07) is 31.5. The van der Waals surface area contributed by atoms with Crippen molar-refractivity contribution in [1.82, 2.24) is 4.57 Å². The van der Waals surface area contributed by atoms with Gasteiger partial charge in [-0.05, 0) is 49.2 Å². The van der Waals surface area contributed by atoms with Crippen LogP contribution in [0.4, 0.5) is 0 Å². The number of nitrogens with zero attached hydrogens (tertiary/aromatic N) is 2. The summed E-state index contributed by atoms with van der Waals surface area (Å²) in [4.78, 5) is 0. The van der Waals surface area contributed by atoms with Crippen molar-refractivity contribution in [3.8, 4) is 16.9 Å². The van der Waals surface area contributed by atoms with Gasteiger partial charge in [-0.15, -0.1) is 0 Å². The third-order valence-corrected chi connectivity index (χ3v) is 6.71. The molecule has 0 amide bonds. The van der Waals surface area contributed by atoms with E-state index >= 15 is 0 Å². The first-order valence-electron chi connectivity index (χ1n) is 13.8. The van der Waals surface area contributed by atoms with Crippen LogP contribution in [0.3, 0.4) is 0 Å². The van der Waals surface area contributed by atoms with E-state index in [1.165, 1.54) is 57.2 Å². The van der Waals surface area contributed by atoms with Gasteiger partial charge in [0.1, 0.15) is 0 Å². The molecule has 2 aromatic heterocycles. The Kier molecular flexibility index (Phi) is 9.87. The van der Waals surface area contributed by atoms with Crippen molar-refractivity contribution in [2.45, 2.75) is 73.8 Å². The molecule has 2 heteroatoms. The Morgan fingerprint density at radius 1 is 0.722 bits per heavy atom. The van der Waals surface area contributed by atoms with Gasteiger partial charge >= 0.3 is 0 Å². The Labute approximate surface area is 218 Å². The number of pyridine rings is 1. The summed E-state index contributed by atoms with van der Waals surface area (Å²) in [7, 11) is 0. The lowest BCUT2D eigenvalue weighted by Gasteiger charge is -2.15. The molecule has 2 nitrogen and oxygen atoms in total. The molecule has 0 spiro atoms. The molecule has 188 valence electrons. The highest BCUT2D eigenvalue weighted by Crippen LogP contribution is 2.33. The second-order valence-corrected chi connectivity index (χ2v) is 8.71. The minimum atomic E-state index is 0.521. The second-order valence-electron chi connectivity index (χ2n) is 8.71. The summed E-state index contributed by atoms with van der Waals surface area (Å²) in [5.41, 5.74) is 7.62. The molecule has 1 unspecified atom stereocenters. The summed E-state index contributed by atoms with van der Waals surface area (Å²) < 4.78 is 4.89. The molecule has 0 saturated carbocycles. The van der Waals surface area contributed by atoms with Crippen LogP contribution in [0.15, 0.2) is 91.1 Å². The summed E-state index contributed by atoms with van der Waals surface area (Å²) in [5.74, 6) is 0. The van der Waals surface area contributed by atoms with Gasteiger partial charge in [-0.25, -0.2) is 0 Å². The highest BCUT2D eigenvalue weighted by Gasteiger charge is 2.23. The van der Waals surface area contributed by atoms with E-state index in [0.717, 1.165) is 6.42 Å². The normalized spacial score (nSPS) is 11.4. The van der Waals surface area contributed by atoms with Crippen LogP contribution in [0.25, 0.3) is 38.8 Å². The molecule has 0 bridgehead atoms. The van der Waals surface area contributed by atoms with Gasteiger partial charge in [0.2, 0.25) is 5.69 Å². The number of hydrogen-bond donors (Lipinski definition) is 0. The van der Waals surface area contributed by atoms with E-state index in [1.807, 2.05) is 27.7 Å². The summed E-state index contributed by atoms with van der Waals surface area (Å²) in [6.45, 7) is 14.8. The lowest BCUT2D eigenvalue weighted by molar-refractivity contribution is -0.713. The summed E-state index contributed by atoms with van der Waals surface area (Å²) >= 11 is 0. The number of benzene rings is 3. The predicted molar refractivity (Wildman–Crippen MR) is 158 cm³/mol. The van der Waals surface area contributed by atoms with Gasteiger partial charge < -0.3 is 4.57 Å². The zero-order chi connectivity index (χ0) is 26.1. The third kappa shape index (κ3) is 5.23. The third-order valence-electron chi connectivity index (χ3n) is 6.71. The van der Waals surface area contributed by atoms with Crippen LogP contribution in [-0.4, -0.2) is 4.57 Å². The van der Waals surface area contributed by atoms with E-state index in [0.29, 0.717) is 6.04 Å². The fourth-order valence-corrected chi connectivity index (χ4v) is 5.10. The molecule has 3 aromatic carbocycles. The predicted octanol–water partition coefficient (Wildman–Crippen LogP) is 9.85. The number of para-hydroxylation sites is 2. The Morgan fingerprint density at radius 2 is 1.31 bits per heavy atom. The number of aryl methyl sites for hydroxylation is 1. The largest absolute Gasteiger partial charge is 0.309 e. The van der Waals surface area contributed by atoms with Gasteiger partial charge in [-0.1, -0.05) is 84.0 Å². The van der Waals surface area contributed by atoms with Crippen molar-refractivity contribution in [2.75, 3.05) is 0 Å². The van der Waals surface area contributed by atoms with Gasteiger partial charge in [0.05, 0.1) is 16.6 Å². The van der Waals surface area contributed by atoms with Crippen LogP contribution in [0.2, 0.25) is 0 Å².